The van der Waals surface area contributed by atoms with E-state index in [1.54, 1.807) is 14.2 Å². The minimum Gasteiger partial charge on any atom is -0.496 e. The molecule has 3 nitrogen and oxygen atoms in total. The summed E-state index contributed by atoms with van der Waals surface area (Å²) in [7, 11) is 3.45. The van der Waals surface area contributed by atoms with Crippen LogP contribution in [-0.4, -0.2) is 20.8 Å². The van der Waals surface area contributed by atoms with Crippen LogP contribution in [0.4, 0.5) is 0 Å². The summed E-state index contributed by atoms with van der Waals surface area (Å²) in [6, 6.07) is 2.53. The Labute approximate surface area is 109 Å². The van der Waals surface area contributed by atoms with Gasteiger partial charge in [-0.15, -0.1) is 0 Å². The molecule has 0 radical (unpaired) electrons. The number of aryl methyl sites for hydroxylation is 1. The molecule has 1 aliphatic rings. The number of ether oxygens (including phenoxy) is 2. The zero-order valence-electron chi connectivity index (χ0n) is 11.8. The van der Waals surface area contributed by atoms with Crippen LogP contribution in [-0.2, 0) is 0 Å². The van der Waals surface area contributed by atoms with Gasteiger partial charge in [-0.05, 0) is 44.9 Å². The Kier molecular flexibility index (Phi) is 4.12. The van der Waals surface area contributed by atoms with Gasteiger partial charge in [0.05, 0.1) is 14.2 Å². The van der Waals surface area contributed by atoms with Crippen LogP contribution in [0.15, 0.2) is 6.07 Å². The Bertz CT molecular complexity index is 423. The molecule has 1 aliphatic heterocycles. The number of nitrogens with one attached hydrogen (secondary N) is 1. The largest absolute Gasteiger partial charge is 0.496 e. The Morgan fingerprint density at radius 1 is 1.17 bits per heavy atom. The lowest BCUT2D eigenvalue weighted by atomic mass is 9.91. The van der Waals surface area contributed by atoms with Crippen LogP contribution in [0.1, 0.15) is 42.0 Å². The molecule has 1 aromatic rings. The SMILES string of the molecule is COc1cc(C)c(C2CCCCN2)c(OC)c1C. The van der Waals surface area contributed by atoms with Crippen LogP contribution in [0.5, 0.6) is 11.5 Å². The van der Waals surface area contributed by atoms with Crippen molar-refractivity contribution >= 4 is 0 Å². The summed E-state index contributed by atoms with van der Waals surface area (Å²) in [6.45, 7) is 5.29. The molecule has 100 valence electrons. The van der Waals surface area contributed by atoms with E-state index in [-0.39, 0.29) is 0 Å². The highest BCUT2D eigenvalue weighted by Gasteiger charge is 2.23. The molecule has 0 amide bonds. The summed E-state index contributed by atoms with van der Waals surface area (Å²) in [5, 5.41) is 3.59. The maximum absolute atomic E-state index is 5.63. The third-order valence-corrected chi connectivity index (χ3v) is 3.81. The second-order valence-electron chi connectivity index (χ2n) is 4.97. The van der Waals surface area contributed by atoms with Crippen LogP contribution >= 0.6 is 0 Å². The predicted molar refractivity (Wildman–Crippen MR) is 73.6 cm³/mol. The maximum Gasteiger partial charge on any atom is 0.130 e. The fourth-order valence-corrected chi connectivity index (χ4v) is 2.88. The zero-order valence-corrected chi connectivity index (χ0v) is 11.8. The van der Waals surface area contributed by atoms with Crippen LogP contribution in [0.3, 0.4) is 0 Å². The van der Waals surface area contributed by atoms with Gasteiger partial charge >= 0.3 is 0 Å². The summed E-state index contributed by atoms with van der Waals surface area (Å²) >= 11 is 0. The molecule has 1 fully saturated rings. The van der Waals surface area contributed by atoms with Crippen LogP contribution in [0.2, 0.25) is 0 Å². The van der Waals surface area contributed by atoms with Crippen LogP contribution < -0.4 is 14.8 Å². The molecule has 1 heterocycles. The Balaban J connectivity index is 2.47. The van der Waals surface area contributed by atoms with Gasteiger partial charge in [0.1, 0.15) is 11.5 Å². The fraction of sp³-hybridized carbons (Fsp3) is 0.600. The normalized spacial score (nSPS) is 19.7. The molecule has 1 atom stereocenters. The van der Waals surface area contributed by atoms with Gasteiger partial charge in [0.2, 0.25) is 0 Å². The van der Waals surface area contributed by atoms with Gasteiger partial charge in [-0.3, -0.25) is 0 Å². The first kappa shape index (κ1) is 13.2. The van der Waals surface area contributed by atoms with E-state index in [1.165, 1.54) is 30.4 Å². The highest BCUT2D eigenvalue weighted by atomic mass is 16.5. The first-order chi connectivity index (χ1) is 8.69. The van der Waals surface area contributed by atoms with E-state index in [0.29, 0.717) is 6.04 Å². The number of methoxy groups -OCH3 is 2. The van der Waals surface area contributed by atoms with E-state index in [2.05, 4.69) is 25.2 Å². The lowest BCUT2D eigenvalue weighted by Gasteiger charge is -2.28. The number of rotatable bonds is 3. The quantitative estimate of drug-likeness (QED) is 0.892. The number of benzene rings is 1. The monoisotopic (exact) mass is 249 g/mol. The van der Waals surface area contributed by atoms with Crippen molar-refractivity contribution in [3.05, 3.63) is 22.8 Å². The van der Waals surface area contributed by atoms with Gasteiger partial charge in [-0.25, -0.2) is 0 Å². The molecule has 3 heteroatoms. The molecule has 0 spiro atoms. The standard InChI is InChI=1S/C15H23NO2/c1-10-9-13(17-3)11(2)15(18-4)14(10)12-7-5-6-8-16-12/h9,12,16H,5-8H2,1-4H3. The van der Waals surface area contributed by atoms with Gasteiger partial charge in [-0.2, -0.15) is 0 Å². The zero-order chi connectivity index (χ0) is 13.1. The van der Waals surface area contributed by atoms with E-state index < -0.39 is 0 Å². The molecular weight excluding hydrogens is 226 g/mol. The maximum atomic E-state index is 5.63. The van der Waals surface area contributed by atoms with E-state index >= 15 is 0 Å². The fourth-order valence-electron chi connectivity index (χ4n) is 2.88. The van der Waals surface area contributed by atoms with Gasteiger partial charge in [0.25, 0.3) is 0 Å². The molecule has 0 bridgehead atoms. The molecular formula is C15H23NO2. The summed E-state index contributed by atoms with van der Waals surface area (Å²) in [5.74, 6) is 1.88. The lowest BCUT2D eigenvalue weighted by Crippen LogP contribution is -2.28. The highest BCUT2D eigenvalue weighted by molar-refractivity contribution is 5.54. The van der Waals surface area contributed by atoms with Crippen molar-refractivity contribution in [3.8, 4) is 11.5 Å². The number of piperidine rings is 1. The summed E-state index contributed by atoms with van der Waals surface area (Å²) in [5.41, 5.74) is 3.64. The molecule has 1 saturated heterocycles. The predicted octanol–water partition coefficient (Wildman–Crippen LogP) is 3.14. The van der Waals surface area contributed by atoms with Crippen LogP contribution in [0.25, 0.3) is 0 Å². The molecule has 0 saturated carbocycles. The van der Waals surface area contributed by atoms with Gasteiger partial charge in [-0.1, -0.05) is 6.42 Å². The van der Waals surface area contributed by atoms with Crippen molar-refractivity contribution in [2.45, 2.75) is 39.2 Å². The van der Waals surface area contributed by atoms with E-state index in [9.17, 15) is 0 Å². The number of hydrogen-bond acceptors (Lipinski definition) is 3. The Hall–Kier alpha value is -1.22. The second kappa shape index (κ2) is 5.61. The molecule has 1 N–H and O–H groups in total. The topological polar surface area (TPSA) is 30.5 Å². The average molecular weight is 249 g/mol. The van der Waals surface area contributed by atoms with Gasteiger partial charge in [0.15, 0.2) is 0 Å². The third kappa shape index (κ3) is 2.32. The van der Waals surface area contributed by atoms with Crippen molar-refractivity contribution < 1.29 is 9.47 Å². The summed E-state index contributed by atoms with van der Waals surface area (Å²) in [6.07, 6.45) is 3.74. The van der Waals surface area contributed by atoms with Crippen molar-refractivity contribution in [3.63, 3.8) is 0 Å². The molecule has 1 unspecified atom stereocenters. The Morgan fingerprint density at radius 2 is 1.94 bits per heavy atom. The third-order valence-electron chi connectivity index (χ3n) is 3.81. The summed E-state index contributed by atoms with van der Waals surface area (Å²) < 4.78 is 11.0. The second-order valence-corrected chi connectivity index (χ2v) is 4.97. The minimum absolute atomic E-state index is 0.415. The van der Waals surface area contributed by atoms with Crippen molar-refractivity contribution in [2.75, 3.05) is 20.8 Å². The van der Waals surface area contributed by atoms with Gasteiger partial charge in [0, 0.05) is 17.2 Å². The summed E-state index contributed by atoms with van der Waals surface area (Å²) in [4.78, 5) is 0. The first-order valence-electron chi connectivity index (χ1n) is 6.64. The molecule has 0 aromatic heterocycles. The van der Waals surface area contributed by atoms with Crippen molar-refractivity contribution in [1.29, 1.82) is 0 Å². The molecule has 2 rings (SSSR count). The number of hydrogen-bond donors (Lipinski definition) is 1. The van der Waals surface area contributed by atoms with E-state index in [0.717, 1.165) is 23.6 Å². The van der Waals surface area contributed by atoms with E-state index in [4.69, 9.17) is 9.47 Å². The van der Waals surface area contributed by atoms with Crippen molar-refractivity contribution in [1.82, 2.24) is 5.32 Å². The smallest absolute Gasteiger partial charge is 0.130 e. The van der Waals surface area contributed by atoms with Crippen molar-refractivity contribution in [2.24, 2.45) is 0 Å². The molecule has 18 heavy (non-hydrogen) atoms. The van der Waals surface area contributed by atoms with Gasteiger partial charge < -0.3 is 14.8 Å². The van der Waals surface area contributed by atoms with Crippen LogP contribution in [0, 0.1) is 13.8 Å². The minimum atomic E-state index is 0.415. The first-order valence-corrected chi connectivity index (χ1v) is 6.64. The highest BCUT2D eigenvalue weighted by Crippen LogP contribution is 2.39. The molecule has 0 aliphatic carbocycles. The lowest BCUT2D eigenvalue weighted by molar-refractivity contribution is 0.361. The average Bonchev–Trinajstić information content (AvgIpc) is 2.41. The molecule has 1 aromatic carbocycles. The van der Waals surface area contributed by atoms with E-state index in [1.807, 2.05) is 0 Å². The Morgan fingerprint density at radius 3 is 2.50 bits per heavy atom.